The standard InChI is InChI=1S/C15H24N4O3S/c1-21-9-5-13-16-15(23-17-13)19-6-3-2-4-12(19)14(20)18-7-10-22-11-8-18/h12H,2-11H2,1H3. The van der Waals surface area contributed by atoms with Crippen molar-refractivity contribution in [3.05, 3.63) is 5.82 Å². The first kappa shape index (κ1) is 16.6. The Morgan fingerprint density at radius 1 is 1.35 bits per heavy atom. The van der Waals surface area contributed by atoms with E-state index >= 15 is 0 Å². The quantitative estimate of drug-likeness (QED) is 0.795. The van der Waals surface area contributed by atoms with E-state index in [0.717, 1.165) is 36.8 Å². The van der Waals surface area contributed by atoms with Crippen molar-refractivity contribution in [2.45, 2.75) is 31.7 Å². The fourth-order valence-corrected chi connectivity index (χ4v) is 3.86. The van der Waals surface area contributed by atoms with Gasteiger partial charge in [0.1, 0.15) is 11.9 Å². The number of hydrogen-bond acceptors (Lipinski definition) is 7. The maximum atomic E-state index is 12.9. The van der Waals surface area contributed by atoms with E-state index in [9.17, 15) is 4.79 Å². The fraction of sp³-hybridized carbons (Fsp3) is 0.800. The minimum atomic E-state index is -0.106. The number of anilines is 1. The zero-order valence-corrected chi connectivity index (χ0v) is 14.4. The van der Waals surface area contributed by atoms with Gasteiger partial charge in [-0.15, -0.1) is 0 Å². The molecule has 1 aromatic rings. The van der Waals surface area contributed by atoms with E-state index in [1.165, 1.54) is 11.5 Å². The van der Waals surface area contributed by atoms with Crippen LogP contribution in [0.4, 0.5) is 5.13 Å². The summed E-state index contributed by atoms with van der Waals surface area (Å²) in [5.74, 6) is 1.01. The average molecular weight is 340 g/mol. The Morgan fingerprint density at radius 3 is 2.96 bits per heavy atom. The number of hydrogen-bond donors (Lipinski definition) is 0. The molecule has 2 saturated heterocycles. The second kappa shape index (κ2) is 8.03. The van der Waals surface area contributed by atoms with Crippen LogP contribution in [0.5, 0.6) is 0 Å². The van der Waals surface area contributed by atoms with Gasteiger partial charge >= 0.3 is 0 Å². The number of morpholine rings is 1. The predicted octanol–water partition coefficient (Wildman–Crippen LogP) is 0.945. The van der Waals surface area contributed by atoms with E-state index in [2.05, 4.69) is 14.3 Å². The normalized spacial score (nSPS) is 22.4. The molecule has 0 spiro atoms. The summed E-state index contributed by atoms with van der Waals surface area (Å²) >= 11 is 1.39. The highest BCUT2D eigenvalue weighted by Gasteiger charge is 2.34. The molecule has 0 aliphatic carbocycles. The Balaban J connectivity index is 1.70. The maximum absolute atomic E-state index is 12.9. The molecule has 1 unspecified atom stereocenters. The van der Waals surface area contributed by atoms with Crippen LogP contribution in [-0.4, -0.2) is 72.8 Å². The van der Waals surface area contributed by atoms with Crippen LogP contribution in [0, 0.1) is 0 Å². The van der Waals surface area contributed by atoms with Crippen molar-refractivity contribution in [1.82, 2.24) is 14.3 Å². The molecule has 0 bridgehead atoms. The summed E-state index contributed by atoms with van der Waals surface area (Å²) in [5.41, 5.74) is 0. The van der Waals surface area contributed by atoms with Gasteiger partial charge in [0.2, 0.25) is 11.0 Å². The van der Waals surface area contributed by atoms with Gasteiger partial charge in [-0.05, 0) is 19.3 Å². The number of methoxy groups -OCH3 is 1. The van der Waals surface area contributed by atoms with Crippen LogP contribution in [0.25, 0.3) is 0 Å². The lowest BCUT2D eigenvalue weighted by Crippen LogP contribution is -2.53. The number of amides is 1. The fourth-order valence-electron chi connectivity index (χ4n) is 3.07. The van der Waals surface area contributed by atoms with Crippen LogP contribution in [0.15, 0.2) is 0 Å². The van der Waals surface area contributed by atoms with E-state index < -0.39 is 0 Å². The lowest BCUT2D eigenvalue weighted by Gasteiger charge is -2.38. The van der Waals surface area contributed by atoms with Crippen LogP contribution in [0.2, 0.25) is 0 Å². The van der Waals surface area contributed by atoms with Crippen molar-refractivity contribution >= 4 is 22.6 Å². The summed E-state index contributed by atoms with van der Waals surface area (Å²) in [6.45, 7) is 4.15. The number of nitrogens with zero attached hydrogens (tertiary/aromatic N) is 4. The molecular weight excluding hydrogens is 316 g/mol. The molecule has 128 valence electrons. The molecule has 1 amide bonds. The molecule has 0 aromatic carbocycles. The second-order valence-corrected chi connectivity index (χ2v) is 6.61. The summed E-state index contributed by atoms with van der Waals surface area (Å²) in [5, 5.41) is 0.863. The molecule has 23 heavy (non-hydrogen) atoms. The molecule has 0 radical (unpaired) electrons. The van der Waals surface area contributed by atoms with E-state index in [-0.39, 0.29) is 11.9 Å². The molecule has 1 atom stereocenters. The van der Waals surface area contributed by atoms with Crippen molar-refractivity contribution in [2.75, 3.05) is 51.5 Å². The van der Waals surface area contributed by atoms with Crippen molar-refractivity contribution in [3.63, 3.8) is 0 Å². The van der Waals surface area contributed by atoms with E-state index in [4.69, 9.17) is 9.47 Å². The Bertz CT molecular complexity index is 519. The van der Waals surface area contributed by atoms with Gasteiger partial charge in [-0.3, -0.25) is 4.79 Å². The van der Waals surface area contributed by atoms with E-state index in [0.29, 0.717) is 39.3 Å². The molecule has 0 saturated carbocycles. The van der Waals surface area contributed by atoms with Gasteiger partial charge in [0, 0.05) is 44.7 Å². The second-order valence-electron chi connectivity index (χ2n) is 5.88. The highest BCUT2D eigenvalue weighted by atomic mass is 32.1. The van der Waals surface area contributed by atoms with Gasteiger partial charge in [-0.2, -0.15) is 4.37 Å². The first-order valence-electron chi connectivity index (χ1n) is 8.24. The van der Waals surface area contributed by atoms with Crippen LogP contribution in [0.1, 0.15) is 25.1 Å². The van der Waals surface area contributed by atoms with Gasteiger partial charge in [0.05, 0.1) is 19.8 Å². The lowest BCUT2D eigenvalue weighted by atomic mass is 10.0. The summed E-state index contributed by atoms with van der Waals surface area (Å²) in [4.78, 5) is 21.6. The van der Waals surface area contributed by atoms with Gasteiger partial charge in [0.25, 0.3) is 0 Å². The first-order valence-corrected chi connectivity index (χ1v) is 9.01. The third-order valence-electron chi connectivity index (χ3n) is 4.34. The SMILES string of the molecule is COCCc1nsc(N2CCCCC2C(=O)N2CCOCC2)n1. The third-order valence-corrected chi connectivity index (χ3v) is 5.13. The van der Waals surface area contributed by atoms with Gasteiger partial charge in [-0.1, -0.05) is 0 Å². The number of carbonyl (C=O) groups excluding carboxylic acids is 1. The van der Waals surface area contributed by atoms with Crippen LogP contribution in [0.3, 0.4) is 0 Å². The molecule has 8 heteroatoms. The van der Waals surface area contributed by atoms with Crippen LogP contribution >= 0.6 is 11.5 Å². The number of carbonyl (C=O) groups is 1. The highest BCUT2D eigenvalue weighted by molar-refractivity contribution is 7.09. The van der Waals surface area contributed by atoms with Gasteiger partial charge < -0.3 is 19.3 Å². The zero-order chi connectivity index (χ0) is 16.1. The lowest BCUT2D eigenvalue weighted by molar-refractivity contribution is -0.137. The van der Waals surface area contributed by atoms with E-state index in [1.54, 1.807) is 7.11 Å². The molecule has 0 N–H and O–H groups in total. The molecule has 2 fully saturated rings. The molecule has 3 rings (SSSR count). The molecule has 3 heterocycles. The van der Waals surface area contributed by atoms with Crippen LogP contribution < -0.4 is 4.90 Å². The Kier molecular flexibility index (Phi) is 5.80. The van der Waals surface area contributed by atoms with Crippen molar-refractivity contribution in [1.29, 1.82) is 0 Å². The summed E-state index contributed by atoms with van der Waals surface area (Å²) in [7, 11) is 1.68. The number of piperidine rings is 1. The van der Waals surface area contributed by atoms with E-state index in [1.807, 2.05) is 4.90 Å². The third kappa shape index (κ3) is 3.99. The number of ether oxygens (including phenoxy) is 2. The smallest absolute Gasteiger partial charge is 0.245 e. The topological polar surface area (TPSA) is 67.8 Å². The maximum Gasteiger partial charge on any atom is 0.245 e. The Labute approximate surface area is 140 Å². The Hall–Kier alpha value is -1.25. The number of rotatable bonds is 5. The van der Waals surface area contributed by atoms with Crippen molar-refractivity contribution < 1.29 is 14.3 Å². The van der Waals surface area contributed by atoms with Crippen LogP contribution in [-0.2, 0) is 20.7 Å². The average Bonchev–Trinajstić information content (AvgIpc) is 3.09. The molecule has 7 nitrogen and oxygen atoms in total. The van der Waals surface area contributed by atoms with Gasteiger partial charge in [-0.25, -0.2) is 4.98 Å². The van der Waals surface area contributed by atoms with Crippen molar-refractivity contribution in [2.24, 2.45) is 0 Å². The predicted molar refractivity (Wildman–Crippen MR) is 87.9 cm³/mol. The minimum absolute atomic E-state index is 0.106. The molecule has 1 aromatic heterocycles. The monoisotopic (exact) mass is 340 g/mol. The summed E-state index contributed by atoms with van der Waals surface area (Å²) < 4.78 is 14.8. The number of aromatic nitrogens is 2. The Morgan fingerprint density at radius 2 is 2.17 bits per heavy atom. The zero-order valence-electron chi connectivity index (χ0n) is 13.6. The first-order chi connectivity index (χ1) is 11.3. The largest absolute Gasteiger partial charge is 0.384 e. The highest BCUT2D eigenvalue weighted by Crippen LogP contribution is 2.27. The molecule has 2 aliphatic heterocycles. The summed E-state index contributed by atoms with van der Waals surface area (Å²) in [6, 6.07) is -0.106. The molecule has 2 aliphatic rings. The van der Waals surface area contributed by atoms with Crippen molar-refractivity contribution in [3.8, 4) is 0 Å². The summed E-state index contributed by atoms with van der Waals surface area (Å²) in [6.07, 6.45) is 3.79. The van der Waals surface area contributed by atoms with Gasteiger partial charge in [0.15, 0.2) is 0 Å². The minimum Gasteiger partial charge on any atom is -0.384 e. The molecular formula is C15H24N4O3S.